The Morgan fingerprint density at radius 3 is 2.75 bits per heavy atom. The summed E-state index contributed by atoms with van der Waals surface area (Å²) in [7, 11) is 2.18. The summed E-state index contributed by atoms with van der Waals surface area (Å²) < 4.78 is 7.89. The van der Waals surface area contributed by atoms with Gasteiger partial charge in [0, 0.05) is 41.0 Å². The smallest absolute Gasteiger partial charge is 0.240 e. The third-order valence-corrected chi connectivity index (χ3v) is 6.85. The molecular formula is C27H31N3O2. The van der Waals surface area contributed by atoms with Crippen molar-refractivity contribution in [2.75, 3.05) is 20.1 Å². The maximum absolute atomic E-state index is 12.9. The van der Waals surface area contributed by atoms with E-state index in [0.717, 1.165) is 39.7 Å². The second-order valence-corrected chi connectivity index (χ2v) is 8.94. The fourth-order valence-corrected chi connectivity index (χ4v) is 5.06. The lowest BCUT2D eigenvalue weighted by Gasteiger charge is -2.31. The van der Waals surface area contributed by atoms with Gasteiger partial charge in [-0.3, -0.25) is 4.79 Å². The summed E-state index contributed by atoms with van der Waals surface area (Å²) in [5.41, 5.74) is 3.93. The van der Waals surface area contributed by atoms with Crippen molar-refractivity contribution in [2.45, 2.75) is 44.7 Å². The molecule has 1 aliphatic rings. The normalized spacial score (nSPS) is 15.1. The van der Waals surface area contributed by atoms with Crippen LogP contribution in [0.1, 0.15) is 32.1 Å². The summed E-state index contributed by atoms with van der Waals surface area (Å²) in [6.07, 6.45) is 8.37. The van der Waals surface area contributed by atoms with Gasteiger partial charge in [0.15, 0.2) is 0 Å². The topological polar surface area (TPSA) is 50.4 Å². The minimum Gasteiger partial charge on any atom is -0.464 e. The highest BCUT2D eigenvalue weighted by molar-refractivity contribution is 5.97. The van der Waals surface area contributed by atoms with Gasteiger partial charge in [-0.25, -0.2) is 0 Å². The lowest BCUT2D eigenvalue weighted by atomic mass is 9.94. The Bertz CT molecular complexity index is 1220. The van der Waals surface area contributed by atoms with Crippen LogP contribution in [-0.2, 0) is 11.3 Å². The van der Waals surface area contributed by atoms with Crippen molar-refractivity contribution in [3.63, 3.8) is 0 Å². The molecule has 2 aromatic heterocycles. The molecule has 1 saturated carbocycles. The van der Waals surface area contributed by atoms with E-state index in [0.29, 0.717) is 12.6 Å². The molecule has 0 aliphatic heterocycles. The van der Waals surface area contributed by atoms with Crippen molar-refractivity contribution in [1.82, 2.24) is 14.8 Å². The molecule has 1 amide bonds. The molecule has 5 nitrogen and oxygen atoms in total. The van der Waals surface area contributed by atoms with E-state index in [9.17, 15) is 4.79 Å². The van der Waals surface area contributed by atoms with E-state index in [1.165, 1.54) is 32.1 Å². The van der Waals surface area contributed by atoms with E-state index in [4.69, 9.17) is 4.42 Å². The number of furan rings is 1. The summed E-state index contributed by atoms with van der Waals surface area (Å²) in [6, 6.07) is 19.1. The number of rotatable bonds is 7. The van der Waals surface area contributed by atoms with Gasteiger partial charge in [-0.15, -0.1) is 0 Å². The second-order valence-electron chi connectivity index (χ2n) is 8.94. The summed E-state index contributed by atoms with van der Waals surface area (Å²) in [5, 5.41) is 5.32. The maximum Gasteiger partial charge on any atom is 0.240 e. The van der Waals surface area contributed by atoms with Gasteiger partial charge < -0.3 is 19.2 Å². The molecule has 0 spiro atoms. The third kappa shape index (κ3) is 4.17. The van der Waals surface area contributed by atoms with Gasteiger partial charge >= 0.3 is 0 Å². The summed E-state index contributed by atoms with van der Waals surface area (Å²) in [5.74, 6) is 0.0393. The van der Waals surface area contributed by atoms with Crippen molar-refractivity contribution < 1.29 is 9.21 Å². The first kappa shape index (κ1) is 20.8. The highest BCUT2D eigenvalue weighted by Crippen LogP contribution is 2.34. The van der Waals surface area contributed by atoms with Gasteiger partial charge in [0.25, 0.3) is 0 Å². The fraction of sp³-hybridized carbons (Fsp3) is 0.370. The molecule has 1 aliphatic carbocycles. The molecule has 0 radical (unpaired) electrons. The van der Waals surface area contributed by atoms with Gasteiger partial charge in [-0.05, 0) is 38.1 Å². The number of carbonyl (C=O) groups excluding carboxylic acids is 1. The van der Waals surface area contributed by atoms with Crippen molar-refractivity contribution in [3.8, 4) is 11.3 Å². The van der Waals surface area contributed by atoms with E-state index in [1.54, 1.807) is 6.26 Å². The van der Waals surface area contributed by atoms with Gasteiger partial charge in [-0.2, -0.15) is 0 Å². The van der Waals surface area contributed by atoms with E-state index >= 15 is 0 Å². The van der Waals surface area contributed by atoms with Crippen molar-refractivity contribution in [3.05, 3.63) is 60.9 Å². The van der Waals surface area contributed by atoms with E-state index < -0.39 is 0 Å². The molecule has 0 bridgehead atoms. The molecule has 1 fully saturated rings. The van der Waals surface area contributed by atoms with E-state index in [1.807, 2.05) is 30.3 Å². The number of carbonyl (C=O) groups is 1. The zero-order valence-corrected chi connectivity index (χ0v) is 18.7. The molecule has 4 aromatic rings. The lowest BCUT2D eigenvalue weighted by Crippen LogP contribution is -2.40. The summed E-state index contributed by atoms with van der Waals surface area (Å²) in [6.45, 7) is 1.85. The molecule has 2 aromatic carbocycles. The van der Waals surface area contributed by atoms with Crippen LogP contribution < -0.4 is 5.32 Å². The van der Waals surface area contributed by atoms with Crippen LogP contribution in [0.3, 0.4) is 0 Å². The number of nitrogens with one attached hydrogen (secondary N) is 1. The SMILES string of the molecule is CN(CCNC(=O)Cn1c(-c2coc3ccccc23)cc2ccccc21)C1CCCCC1. The highest BCUT2D eigenvalue weighted by atomic mass is 16.3. The third-order valence-electron chi connectivity index (χ3n) is 6.85. The average Bonchev–Trinajstić information content (AvgIpc) is 3.41. The van der Waals surface area contributed by atoms with Crippen LogP contribution in [-0.4, -0.2) is 41.6 Å². The fourth-order valence-electron chi connectivity index (χ4n) is 5.06. The standard InChI is InChI=1S/C27H31N3O2/c1-29(21-10-3-2-4-11-21)16-15-28-27(31)18-30-24-13-7-5-9-20(24)17-25(30)23-19-32-26-14-8-6-12-22(23)26/h5-9,12-14,17,19,21H,2-4,10-11,15-16,18H2,1H3,(H,28,31). The van der Waals surface area contributed by atoms with E-state index in [-0.39, 0.29) is 12.5 Å². The van der Waals surface area contributed by atoms with Crippen molar-refractivity contribution in [2.24, 2.45) is 0 Å². The van der Waals surface area contributed by atoms with Crippen LogP contribution >= 0.6 is 0 Å². The molecule has 166 valence electrons. The summed E-state index contributed by atoms with van der Waals surface area (Å²) in [4.78, 5) is 15.3. The van der Waals surface area contributed by atoms with Gasteiger partial charge in [0.05, 0.1) is 5.69 Å². The first-order valence-electron chi connectivity index (χ1n) is 11.7. The predicted molar refractivity (Wildman–Crippen MR) is 130 cm³/mol. The number of aromatic nitrogens is 1. The number of nitrogens with zero attached hydrogens (tertiary/aromatic N) is 2. The first-order chi connectivity index (χ1) is 15.7. The number of benzene rings is 2. The monoisotopic (exact) mass is 429 g/mol. The number of hydrogen-bond donors (Lipinski definition) is 1. The van der Waals surface area contributed by atoms with Gasteiger partial charge in [0.2, 0.25) is 5.91 Å². The number of para-hydroxylation sites is 2. The first-order valence-corrected chi connectivity index (χ1v) is 11.7. The van der Waals surface area contributed by atoms with Crippen LogP contribution in [0.2, 0.25) is 0 Å². The van der Waals surface area contributed by atoms with Gasteiger partial charge in [0.1, 0.15) is 18.4 Å². The van der Waals surface area contributed by atoms with Crippen LogP contribution in [0.4, 0.5) is 0 Å². The molecular weight excluding hydrogens is 398 g/mol. The zero-order chi connectivity index (χ0) is 21.9. The van der Waals surface area contributed by atoms with Crippen molar-refractivity contribution in [1.29, 1.82) is 0 Å². The largest absolute Gasteiger partial charge is 0.464 e. The lowest BCUT2D eigenvalue weighted by molar-refractivity contribution is -0.121. The number of fused-ring (bicyclic) bond motifs is 2. The number of hydrogen-bond acceptors (Lipinski definition) is 3. The highest BCUT2D eigenvalue weighted by Gasteiger charge is 2.19. The molecule has 0 saturated heterocycles. The molecule has 32 heavy (non-hydrogen) atoms. The number of likely N-dealkylation sites (N-methyl/N-ethyl adjacent to an activating group) is 1. The molecule has 0 unspecified atom stereocenters. The number of amides is 1. The quantitative estimate of drug-likeness (QED) is 0.426. The molecule has 5 heteroatoms. The predicted octanol–water partition coefficient (Wildman–Crippen LogP) is 5.44. The Balaban J connectivity index is 1.33. The average molecular weight is 430 g/mol. The van der Waals surface area contributed by atoms with Crippen LogP contribution in [0.25, 0.3) is 33.1 Å². The molecule has 0 atom stereocenters. The van der Waals surface area contributed by atoms with E-state index in [2.05, 4.69) is 46.1 Å². The molecule has 1 N–H and O–H groups in total. The van der Waals surface area contributed by atoms with Gasteiger partial charge in [-0.1, -0.05) is 55.7 Å². The Hall–Kier alpha value is -3.05. The minimum atomic E-state index is 0.0393. The Labute approximate surface area is 189 Å². The molecule has 5 rings (SSSR count). The zero-order valence-electron chi connectivity index (χ0n) is 18.7. The Morgan fingerprint density at radius 1 is 1.09 bits per heavy atom. The minimum absolute atomic E-state index is 0.0393. The van der Waals surface area contributed by atoms with Crippen LogP contribution in [0, 0.1) is 0 Å². The maximum atomic E-state index is 12.9. The van der Waals surface area contributed by atoms with Crippen LogP contribution in [0.15, 0.2) is 65.3 Å². The second kappa shape index (κ2) is 9.21. The van der Waals surface area contributed by atoms with Crippen molar-refractivity contribution >= 4 is 27.8 Å². The Morgan fingerprint density at radius 2 is 1.88 bits per heavy atom. The molecule has 2 heterocycles. The Kier molecular flexibility index (Phi) is 5.99. The van der Waals surface area contributed by atoms with Crippen LogP contribution in [0.5, 0.6) is 0 Å². The summed E-state index contributed by atoms with van der Waals surface area (Å²) >= 11 is 0.